The van der Waals surface area contributed by atoms with Gasteiger partial charge in [-0.3, -0.25) is 0 Å². The van der Waals surface area contributed by atoms with E-state index in [9.17, 15) is 28.6 Å². The predicted octanol–water partition coefficient (Wildman–Crippen LogP) is -6.08. The van der Waals surface area contributed by atoms with Gasteiger partial charge in [0.05, 0.1) is 11.9 Å². The fraction of sp³-hybridized carbons (Fsp3) is 0.125. The van der Waals surface area contributed by atoms with Gasteiger partial charge in [-0.2, -0.15) is 0 Å². The van der Waals surface area contributed by atoms with Gasteiger partial charge >= 0.3 is 138 Å². The normalized spacial score (nSPS) is 8.69. The summed E-state index contributed by atoms with van der Waals surface area (Å²) in [7, 11) is 0. The van der Waals surface area contributed by atoms with Crippen molar-refractivity contribution in [1.29, 1.82) is 0 Å². The Morgan fingerprint density at radius 3 is 1.19 bits per heavy atom. The number of carboxylic acid groups (broad SMARTS) is 2. The van der Waals surface area contributed by atoms with Crippen LogP contribution < -0.4 is 157 Å². The average Bonchev–Trinajstić information content (AvgIpc) is 2.54. The minimum absolute atomic E-state index is 0. The van der Waals surface area contributed by atoms with Crippen LogP contribution in [-0.2, 0) is 9.59 Å². The number of hydrogen-bond donors (Lipinski definition) is 0. The van der Waals surface area contributed by atoms with Gasteiger partial charge in [-0.15, -0.1) is 0 Å². The minimum Gasteiger partial charge on any atom is -0.546 e. The van der Waals surface area contributed by atoms with Crippen molar-refractivity contribution in [3.8, 4) is 11.5 Å². The predicted molar refractivity (Wildman–Crippen MR) is 73.8 cm³/mol. The number of aliphatic carboxylic acids is 2. The molecule has 0 bridgehead atoms. The van der Waals surface area contributed by atoms with E-state index in [0.717, 1.165) is 0 Å². The first-order valence-corrected chi connectivity index (χ1v) is 6.53. The minimum atomic E-state index is -1.31. The van der Waals surface area contributed by atoms with Gasteiger partial charge in [-0.25, -0.2) is 8.78 Å². The number of benzene rings is 2. The second kappa shape index (κ2) is 16.9. The summed E-state index contributed by atoms with van der Waals surface area (Å²) in [6.45, 7) is -1.04. The number of rotatable bonds is 6. The van der Waals surface area contributed by atoms with Crippen molar-refractivity contribution in [2.24, 2.45) is 0 Å². The third-order valence-electron chi connectivity index (χ3n) is 2.34. The first-order chi connectivity index (χ1) is 11.4. The first-order valence-electron chi connectivity index (χ1n) is 6.53. The third kappa shape index (κ3) is 14.9. The molecule has 0 aliphatic rings. The number of carbonyl (C=O) groups is 2. The molecule has 0 saturated heterocycles. The third-order valence-corrected chi connectivity index (χ3v) is 2.34. The van der Waals surface area contributed by atoms with Gasteiger partial charge in [0.15, 0.2) is 0 Å². The van der Waals surface area contributed by atoms with Crippen molar-refractivity contribution in [2.75, 3.05) is 13.2 Å². The molecule has 0 unspecified atom stereocenters. The smallest absolute Gasteiger partial charge is 0.546 e. The number of ether oxygens (including phenoxy) is 2. The van der Waals surface area contributed by atoms with E-state index in [0.29, 0.717) is 11.5 Å². The maximum Gasteiger partial charge on any atom is 1.00 e. The van der Waals surface area contributed by atoms with Gasteiger partial charge < -0.3 is 29.3 Å². The summed E-state index contributed by atoms with van der Waals surface area (Å²) in [6.07, 6.45) is 0. The summed E-state index contributed by atoms with van der Waals surface area (Å²) in [5, 5.41) is 19.9. The zero-order valence-electron chi connectivity index (χ0n) is 14.2. The molecule has 128 valence electrons. The van der Waals surface area contributed by atoms with E-state index < -0.39 is 36.8 Å². The van der Waals surface area contributed by atoms with Gasteiger partial charge in [0, 0.05) is 0 Å². The van der Waals surface area contributed by atoms with E-state index in [4.69, 9.17) is 9.47 Å². The molecular weight excluding hydrogens is 592 g/mol. The van der Waals surface area contributed by atoms with Gasteiger partial charge in [0.2, 0.25) is 0 Å². The van der Waals surface area contributed by atoms with Gasteiger partial charge in [-0.05, 0) is 48.5 Å². The van der Waals surface area contributed by atoms with Crippen LogP contribution in [0.1, 0.15) is 0 Å². The molecule has 0 aliphatic carbocycles. The largest absolute Gasteiger partial charge is 1.00 e. The first kappa shape index (κ1) is 29.1. The fourth-order valence-electron chi connectivity index (χ4n) is 1.35. The summed E-state index contributed by atoms with van der Waals surface area (Å²) < 4.78 is 34.0. The van der Waals surface area contributed by atoms with Crippen molar-refractivity contribution < 1.29 is 176 Å². The Labute approximate surface area is 266 Å². The Morgan fingerprint density at radius 2 is 0.962 bits per heavy atom. The van der Waals surface area contributed by atoms with Crippen LogP contribution in [0.15, 0.2) is 48.5 Å². The molecule has 0 spiro atoms. The molecular formula is C16H12Cs2F2O6. The summed E-state index contributed by atoms with van der Waals surface area (Å²) >= 11 is 0. The molecule has 26 heavy (non-hydrogen) atoms. The van der Waals surface area contributed by atoms with E-state index in [1.165, 1.54) is 48.5 Å². The van der Waals surface area contributed by atoms with E-state index in [1.807, 2.05) is 0 Å². The summed E-state index contributed by atoms with van der Waals surface area (Å²) in [5.41, 5.74) is 0. The van der Waals surface area contributed by atoms with Crippen molar-refractivity contribution in [2.45, 2.75) is 0 Å². The molecule has 2 rings (SSSR count). The van der Waals surface area contributed by atoms with Crippen LogP contribution in [0.3, 0.4) is 0 Å². The summed E-state index contributed by atoms with van der Waals surface area (Å²) in [5.74, 6) is -2.79. The van der Waals surface area contributed by atoms with Crippen molar-refractivity contribution >= 4 is 11.9 Å². The molecule has 0 heterocycles. The monoisotopic (exact) mass is 604 g/mol. The standard InChI is InChI=1S/2C8H7FO3.2Cs/c2*9-6-1-3-7(4-2-6)12-5-8(10)11;;/h2*1-4H,5H2,(H,10,11);;/q;;2*+1/p-2. The van der Waals surface area contributed by atoms with E-state index in [-0.39, 0.29) is 138 Å². The molecule has 0 aliphatic heterocycles. The average molecular weight is 604 g/mol. The molecule has 0 fully saturated rings. The number of hydrogen-bond acceptors (Lipinski definition) is 6. The van der Waals surface area contributed by atoms with Crippen molar-refractivity contribution in [3.63, 3.8) is 0 Å². The van der Waals surface area contributed by atoms with Gasteiger partial charge in [0.1, 0.15) is 36.3 Å². The van der Waals surface area contributed by atoms with Crippen molar-refractivity contribution in [3.05, 3.63) is 60.2 Å². The maximum absolute atomic E-state index is 12.3. The molecule has 2 aromatic rings. The SMILES string of the molecule is O=C([O-])COc1ccc(F)cc1.O=C([O-])COc1ccc(F)cc1.[Cs+].[Cs+]. The molecule has 2 aromatic carbocycles. The Morgan fingerprint density at radius 1 is 0.692 bits per heavy atom. The van der Waals surface area contributed by atoms with Gasteiger partial charge in [0.25, 0.3) is 0 Å². The fourth-order valence-corrected chi connectivity index (χ4v) is 1.35. The zero-order chi connectivity index (χ0) is 17.9. The Bertz CT molecular complexity index is 606. The summed E-state index contributed by atoms with van der Waals surface area (Å²) in [4.78, 5) is 19.9. The Kier molecular flexibility index (Phi) is 18.9. The molecule has 6 nitrogen and oxygen atoms in total. The number of carboxylic acids is 2. The van der Waals surface area contributed by atoms with Crippen LogP contribution in [0.2, 0.25) is 0 Å². The van der Waals surface area contributed by atoms with Crippen LogP contribution in [0, 0.1) is 11.6 Å². The van der Waals surface area contributed by atoms with Crippen LogP contribution in [-0.4, -0.2) is 25.2 Å². The molecule has 0 saturated carbocycles. The van der Waals surface area contributed by atoms with E-state index in [2.05, 4.69) is 0 Å². The molecule has 0 aromatic heterocycles. The van der Waals surface area contributed by atoms with Crippen LogP contribution in [0.4, 0.5) is 8.78 Å². The van der Waals surface area contributed by atoms with Crippen LogP contribution in [0.25, 0.3) is 0 Å². The Balaban J connectivity index is 0. The molecule has 10 heteroatoms. The quantitative estimate of drug-likeness (QED) is 0.326. The summed E-state index contributed by atoms with van der Waals surface area (Å²) in [6, 6.07) is 10.1. The molecule has 0 amide bonds. The Hall–Kier alpha value is 0.944. The number of halogens is 2. The molecule has 0 atom stereocenters. The van der Waals surface area contributed by atoms with Crippen molar-refractivity contribution in [1.82, 2.24) is 0 Å². The van der Waals surface area contributed by atoms with Gasteiger partial charge in [-0.1, -0.05) is 0 Å². The molecule has 0 N–H and O–H groups in total. The number of carbonyl (C=O) groups excluding carboxylic acids is 2. The molecule has 0 radical (unpaired) electrons. The maximum atomic E-state index is 12.3. The van der Waals surface area contributed by atoms with E-state index in [1.54, 1.807) is 0 Å². The second-order valence-electron chi connectivity index (χ2n) is 4.23. The zero-order valence-corrected chi connectivity index (χ0v) is 26.8. The topological polar surface area (TPSA) is 98.7 Å². The van der Waals surface area contributed by atoms with Crippen LogP contribution >= 0.6 is 0 Å². The van der Waals surface area contributed by atoms with Crippen LogP contribution in [0.5, 0.6) is 11.5 Å². The second-order valence-corrected chi connectivity index (χ2v) is 4.23. The van der Waals surface area contributed by atoms with E-state index >= 15 is 0 Å².